The summed E-state index contributed by atoms with van der Waals surface area (Å²) < 4.78 is 16.9. The van der Waals surface area contributed by atoms with Crippen molar-refractivity contribution in [3.63, 3.8) is 0 Å². The largest absolute Gasteiger partial charge is 0.462 e. The summed E-state index contributed by atoms with van der Waals surface area (Å²) in [7, 11) is 0. The van der Waals surface area contributed by atoms with Gasteiger partial charge in [0.15, 0.2) is 6.10 Å². The molecule has 0 aromatic carbocycles. The predicted molar refractivity (Wildman–Crippen MR) is 316 cm³/mol. The minimum absolute atomic E-state index is 0.0960. The van der Waals surface area contributed by atoms with E-state index in [9.17, 15) is 14.4 Å². The molecule has 0 N–H and O–H groups in total. The van der Waals surface area contributed by atoms with E-state index in [-0.39, 0.29) is 31.1 Å². The first kappa shape index (κ1) is 68.8. The van der Waals surface area contributed by atoms with E-state index >= 15 is 0 Å². The minimum Gasteiger partial charge on any atom is -0.462 e. The zero-order valence-corrected chi connectivity index (χ0v) is 47.4. The quantitative estimate of drug-likeness (QED) is 0.0261. The molecule has 1 unspecified atom stereocenters. The van der Waals surface area contributed by atoms with Crippen molar-refractivity contribution in [2.75, 3.05) is 13.2 Å². The molecule has 0 radical (unpaired) electrons. The number of ether oxygens (including phenoxy) is 3. The summed E-state index contributed by atoms with van der Waals surface area (Å²) in [5.41, 5.74) is 0. The van der Waals surface area contributed by atoms with Crippen molar-refractivity contribution in [2.45, 2.75) is 271 Å². The fraction of sp³-hybridized carbons (Fsp3) is 0.657. The molecule has 0 amide bonds. The van der Waals surface area contributed by atoms with Crippen LogP contribution in [0.2, 0.25) is 0 Å². The smallest absolute Gasteiger partial charge is 0.306 e. The maximum absolute atomic E-state index is 12.9. The van der Waals surface area contributed by atoms with Gasteiger partial charge < -0.3 is 14.2 Å². The van der Waals surface area contributed by atoms with Crippen LogP contribution < -0.4 is 0 Å². The first-order chi connectivity index (χ1) is 36.0. The lowest BCUT2D eigenvalue weighted by Gasteiger charge is -2.18. The fourth-order valence-electron chi connectivity index (χ4n) is 8.03. The molecule has 0 aliphatic carbocycles. The molecule has 414 valence electrons. The van der Waals surface area contributed by atoms with Gasteiger partial charge in [-0.2, -0.15) is 0 Å². The van der Waals surface area contributed by atoms with Gasteiger partial charge in [0.2, 0.25) is 0 Å². The molecule has 0 aromatic rings. The molecule has 73 heavy (non-hydrogen) atoms. The summed E-state index contributed by atoms with van der Waals surface area (Å²) in [5.74, 6) is -0.947. The Bertz CT molecular complexity index is 1540. The van der Waals surface area contributed by atoms with Crippen molar-refractivity contribution in [3.05, 3.63) is 122 Å². The van der Waals surface area contributed by atoms with Crippen LogP contribution in [0.5, 0.6) is 0 Å². The molecule has 6 heteroatoms. The number of unbranched alkanes of at least 4 members (excludes halogenated alkanes) is 22. The Morgan fingerprint density at radius 2 is 0.534 bits per heavy atom. The lowest BCUT2D eigenvalue weighted by Crippen LogP contribution is -2.30. The van der Waals surface area contributed by atoms with Gasteiger partial charge in [0.05, 0.1) is 0 Å². The molecule has 0 heterocycles. The number of hydrogen-bond donors (Lipinski definition) is 0. The molecule has 1 atom stereocenters. The van der Waals surface area contributed by atoms with Crippen LogP contribution in [0.25, 0.3) is 0 Å². The molecular formula is C67H110O6. The van der Waals surface area contributed by atoms with Gasteiger partial charge >= 0.3 is 17.9 Å². The molecule has 0 bridgehead atoms. The second kappa shape index (κ2) is 60.4. The number of hydrogen-bond acceptors (Lipinski definition) is 6. The van der Waals surface area contributed by atoms with Crippen molar-refractivity contribution in [1.82, 2.24) is 0 Å². The topological polar surface area (TPSA) is 78.9 Å². The number of rotatable bonds is 53. The average molecular weight is 1010 g/mol. The highest BCUT2D eigenvalue weighted by Gasteiger charge is 2.19. The van der Waals surface area contributed by atoms with Crippen LogP contribution in [0.15, 0.2) is 122 Å². The highest BCUT2D eigenvalue weighted by molar-refractivity contribution is 5.71. The Balaban J connectivity index is 4.47. The lowest BCUT2D eigenvalue weighted by atomic mass is 10.0. The molecule has 6 nitrogen and oxygen atoms in total. The first-order valence-corrected chi connectivity index (χ1v) is 30.0. The van der Waals surface area contributed by atoms with E-state index in [1.54, 1.807) is 0 Å². The Kier molecular flexibility index (Phi) is 56.9. The van der Waals surface area contributed by atoms with Gasteiger partial charge in [-0.1, -0.05) is 258 Å². The number of carbonyl (C=O) groups excluding carboxylic acids is 3. The third kappa shape index (κ3) is 58.6. The van der Waals surface area contributed by atoms with E-state index in [1.807, 2.05) is 0 Å². The molecule has 0 saturated carbocycles. The second-order valence-corrected chi connectivity index (χ2v) is 19.5. The highest BCUT2D eigenvalue weighted by atomic mass is 16.6. The summed E-state index contributed by atoms with van der Waals surface area (Å²) in [6.07, 6.45) is 83.3. The summed E-state index contributed by atoms with van der Waals surface area (Å²) in [4.78, 5) is 38.2. The van der Waals surface area contributed by atoms with Gasteiger partial charge in [-0.25, -0.2) is 0 Å². The third-order valence-electron chi connectivity index (χ3n) is 12.5. The van der Waals surface area contributed by atoms with E-state index in [4.69, 9.17) is 14.2 Å². The van der Waals surface area contributed by atoms with Crippen molar-refractivity contribution >= 4 is 17.9 Å². The number of carbonyl (C=O) groups is 3. The van der Waals surface area contributed by atoms with Gasteiger partial charge in [0.1, 0.15) is 13.2 Å². The maximum atomic E-state index is 12.9. The number of allylic oxidation sites excluding steroid dienone is 20. The van der Waals surface area contributed by atoms with Crippen LogP contribution in [-0.4, -0.2) is 37.2 Å². The van der Waals surface area contributed by atoms with E-state index in [1.165, 1.54) is 96.3 Å². The summed E-state index contributed by atoms with van der Waals surface area (Å²) in [6.45, 7) is 6.38. The van der Waals surface area contributed by atoms with Crippen LogP contribution >= 0.6 is 0 Å². The SMILES string of the molecule is CC/C=C\C/C=C\C/C=C\C/C=C\C/C=C\C/C=C\CCCCC(=O)OCC(COC(=O)CCCCCCCCCCCCCCC)OC(=O)CCCCCCCCCC/C=C\C/C=C\C/C=C\C/C=C\CC. The van der Waals surface area contributed by atoms with Gasteiger partial charge in [-0.3, -0.25) is 14.4 Å². The molecule has 0 aromatic heterocycles. The zero-order chi connectivity index (χ0) is 52.9. The van der Waals surface area contributed by atoms with Crippen LogP contribution in [0.4, 0.5) is 0 Å². The number of esters is 3. The van der Waals surface area contributed by atoms with Crippen molar-refractivity contribution < 1.29 is 28.6 Å². The van der Waals surface area contributed by atoms with Gasteiger partial charge in [-0.15, -0.1) is 0 Å². The van der Waals surface area contributed by atoms with E-state index in [2.05, 4.69) is 142 Å². The van der Waals surface area contributed by atoms with E-state index < -0.39 is 6.10 Å². The highest BCUT2D eigenvalue weighted by Crippen LogP contribution is 2.15. The molecule has 0 aliphatic rings. The second-order valence-electron chi connectivity index (χ2n) is 19.5. The van der Waals surface area contributed by atoms with Crippen LogP contribution in [0.3, 0.4) is 0 Å². The Morgan fingerprint density at radius 1 is 0.288 bits per heavy atom. The monoisotopic (exact) mass is 1010 g/mol. The zero-order valence-electron chi connectivity index (χ0n) is 47.4. The van der Waals surface area contributed by atoms with Crippen molar-refractivity contribution in [2.24, 2.45) is 0 Å². The Hall–Kier alpha value is -4.19. The summed E-state index contributed by atoms with van der Waals surface area (Å²) >= 11 is 0. The molecule has 0 spiro atoms. The average Bonchev–Trinajstić information content (AvgIpc) is 3.39. The standard InChI is InChI=1S/C67H110O6/c1-4-7-10-13-16-19-22-25-27-29-31-33-35-37-39-42-45-48-51-54-57-60-66(69)72-63-64(62-71-65(68)59-56-53-50-47-44-41-24-21-18-15-12-9-6-3)73-67(70)61-58-55-52-49-46-43-40-38-36-34-32-30-28-26-23-20-17-14-11-8-5-2/h7-8,10-11,16-17,19-20,25-28,31-34,37,39,45,48,64H,4-6,9,12-15,18,21-24,29-30,35-36,38,40-44,46-47,49-63H2,1-3H3/b10-7-,11-8-,19-16-,20-17-,27-25-,28-26-,33-31-,34-32-,39-37-,48-45-. The maximum Gasteiger partial charge on any atom is 0.306 e. The molecule has 0 fully saturated rings. The van der Waals surface area contributed by atoms with Crippen LogP contribution in [0, 0.1) is 0 Å². The first-order valence-electron chi connectivity index (χ1n) is 30.0. The van der Waals surface area contributed by atoms with Gasteiger partial charge in [-0.05, 0) is 109 Å². The molecule has 0 rings (SSSR count). The summed E-state index contributed by atoms with van der Waals surface area (Å²) in [6, 6.07) is 0. The Labute approximate surface area is 450 Å². The van der Waals surface area contributed by atoms with Crippen LogP contribution in [-0.2, 0) is 28.6 Å². The normalized spacial score (nSPS) is 13.0. The minimum atomic E-state index is -0.803. The van der Waals surface area contributed by atoms with E-state index in [0.717, 1.165) is 128 Å². The van der Waals surface area contributed by atoms with E-state index in [0.29, 0.717) is 19.3 Å². The van der Waals surface area contributed by atoms with Crippen LogP contribution in [0.1, 0.15) is 265 Å². The third-order valence-corrected chi connectivity index (χ3v) is 12.5. The molecule has 0 saturated heterocycles. The lowest BCUT2D eigenvalue weighted by molar-refractivity contribution is -0.167. The molecule has 0 aliphatic heterocycles. The predicted octanol–water partition coefficient (Wildman–Crippen LogP) is 20.4. The fourth-order valence-corrected chi connectivity index (χ4v) is 8.03. The molecular weight excluding hydrogens is 901 g/mol. The van der Waals surface area contributed by atoms with Gasteiger partial charge in [0, 0.05) is 19.3 Å². The van der Waals surface area contributed by atoms with Crippen molar-refractivity contribution in [1.29, 1.82) is 0 Å². The van der Waals surface area contributed by atoms with Crippen molar-refractivity contribution in [3.8, 4) is 0 Å². The Morgan fingerprint density at radius 3 is 0.863 bits per heavy atom. The van der Waals surface area contributed by atoms with Gasteiger partial charge in [0.25, 0.3) is 0 Å². The summed E-state index contributed by atoms with van der Waals surface area (Å²) in [5, 5.41) is 0.